The molecule has 1 aromatic heterocycles. The lowest BCUT2D eigenvalue weighted by Gasteiger charge is -2.36. The molecule has 1 amide bonds. The molecule has 0 radical (unpaired) electrons. The lowest BCUT2D eigenvalue weighted by molar-refractivity contribution is -0.132. The molecule has 1 heterocycles. The predicted molar refractivity (Wildman–Crippen MR) is 114 cm³/mol. The van der Waals surface area contributed by atoms with Crippen molar-refractivity contribution in [2.45, 2.75) is 61.9 Å². The van der Waals surface area contributed by atoms with Crippen LogP contribution in [0.15, 0.2) is 34.7 Å². The molecule has 0 N–H and O–H groups in total. The highest BCUT2D eigenvalue weighted by Gasteiger charge is 2.38. The lowest BCUT2D eigenvalue weighted by Crippen LogP contribution is -2.44. The van der Waals surface area contributed by atoms with Crippen molar-refractivity contribution in [2.24, 2.45) is 5.92 Å². The molecule has 27 heavy (non-hydrogen) atoms. The van der Waals surface area contributed by atoms with Crippen molar-refractivity contribution in [1.82, 2.24) is 14.7 Å². The Balaban J connectivity index is 1.40. The Bertz CT molecular complexity index is 836. The first-order chi connectivity index (χ1) is 13.1. The molecular weight excluding hydrogens is 394 g/mol. The van der Waals surface area contributed by atoms with Gasteiger partial charge in [0.25, 0.3) is 0 Å². The van der Waals surface area contributed by atoms with Gasteiger partial charge in [0.15, 0.2) is 8.29 Å². The van der Waals surface area contributed by atoms with Gasteiger partial charge < -0.3 is 4.90 Å². The Labute approximate surface area is 174 Å². The number of amides is 1. The van der Waals surface area contributed by atoms with Crippen molar-refractivity contribution in [3.8, 4) is 5.69 Å². The van der Waals surface area contributed by atoms with Gasteiger partial charge in [0.2, 0.25) is 5.91 Å². The molecule has 0 unspecified atom stereocenters. The number of rotatable bonds is 6. The van der Waals surface area contributed by atoms with Crippen molar-refractivity contribution in [3.05, 3.63) is 34.3 Å². The molecule has 0 saturated heterocycles. The standard InChI is InChI=1S/C20H25N3OS3/c1-14-7-9-15(10-8-14)22(16-11-12-16)18(24)13-26-19-21-23(20(25)27-19)17-5-3-2-4-6-17/h2-6,14-16H,7-13H2,1H3. The van der Waals surface area contributed by atoms with E-state index in [9.17, 15) is 4.79 Å². The first-order valence-electron chi connectivity index (χ1n) is 9.71. The summed E-state index contributed by atoms with van der Waals surface area (Å²) in [5.74, 6) is 1.54. The highest BCUT2D eigenvalue weighted by molar-refractivity contribution is 8.01. The van der Waals surface area contributed by atoms with E-state index in [-0.39, 0.29) is 5.91 Å². The van der Waals surface area contributed by atoms with Gasteiger partial charge >= 0.3 is 0 Å². The molecule has 7 heteroatoms. The Morgan fingerprint density at radius 2 is 1.81 bits per heavy atom. The summed E-state index contributed by atoms with van der Waals surface area (Å²) >= 11 is 8.47. The lowest BCUT2D eigenvalue weighted by atomic mass is 9.86. The molecule has 2 saturated carbocycles. The molecule has 4 rings (SSSR count). The zero-order valence-corrected chi connectivity index (χ0v) is 18.0. The quantitative estimate of drug-likeness (QED) is 0.469. The smallest absolute Gasteiger partial charge is 0.233 e. The van der Waals surface area contributed by atoms with Crippen LogP contribution in [-0.2, 0) is 4.79 Å². The Hall–Kier alpha value is -1.18. The van der Waals surface area contributed by atoms with E-state index >= 15 is 0 Å². The molecule has 0 spiro atoms. The topological polar surface area (TPSA) is 38.1 Å². The van der Waals surface area contributed by atoms with E-state index in [0.717, 1.165) is 32.7 Å². The van der Waals surface area contributed by atoms with Crippen LogP contribution in [0.4, 0.5) is 0 Å². The van der Waals surface area contributed by atoms with Crippen LogP contribution in [0.3, 0.4) is 0 Å². The third-order valence-electron chi connectivity index (χ3n) is 5.46. The number of thioether (sulfide) groups is 1. The summed E-state index contributed by atoms with van der Waals surface area (Å²) in [7, 11) is 0. The summed E-state index contributed by atoms with van der Waals surface area (Å²) in [6, 6.07) is 10.9. The highest BCUT2D eigenvalue weighted by Crippen LogP contribution is 2.36. The van der Waals surface area contributed by atoms with Crippen LogP contribution in [0.2, 0.25) is 0 Å². The zero-order valence-electron chi connectivity index (χ0n) is 15.5. The number of hydrogen-bond acceptors (Lipinski definition) is 5. The molecule has 4 nitrogen and oxygen atoms in total. The monoisotopic (exact) mass is 419 g/mol. The largest absolute Gasteiger partial charge is 0.336 e. The van der Waals surface area contributed by atoms with Crippen molar-refractivity contribution in [2.75, 3.05) is 5.75 Å². The fraction of sp³-hybridized carbons (Fsp3) is 0.550. The molecule has 0 aliphatic heterocycles. The van der Waals surface area contributed by atoms with Crippen LogP contribution in [-0.4, -0.2) is 38.4 Å². The zero-order chi connectivity index (χ0) is 18.8. The van der Waals surface area contributed by atoms with Crippen LogP contribution in [0.5, 0.6) is 0 Å². The Morgan fingerprint density at radius 3 is 2.44 bits per heavy atom. The normalized spacial score (nSPS) is 22.6. The summed E-state index contributed by atoms with van der Waals surface area (Å²) < 4.78 is 3.37. The van der Waals surface area contributed by atoms with Crippen molar-refractivity contribution in [1.29, 1.82) is 0 Å². The number of benzene rings is 1. The average molecular weight is 420 g/mol. The number of carbonyl (C=O) groups excluding carboxylic acids is 1. The molecule has 0 atom stereocenters. The molecular formula is C20H25N3OS3. The van der Waals surface area contributed by atoms with Gasteiger partial charge in [0, 0.05) is 12.1 Å². The van der Waals surface area contributed by atoms with Gasteiger partial charge in [0.05, 0.1) is 11.4 Å². The second-order valence-corrected chi connectivity index (χ2v) is 10.5. The fourth-order valence-corrected chi connectivity index (χ4v) is 6.06. The second kappa shape index (κ2) is 8.45. The van der Waals surface area contributed by atoms with Crippen LogP contribution >= 0.6 is 35.3 Å². The first kappa shape index (κ1) is 19.2. The van der Waals surface area contributed by atoms with Gasteiger partial charge in [-0.1, -0.05) is 48.2 Å². The SMILES string of the molecule is CC1CCC(N(C(=O)CSc2nn(-c3ccccc3)c(=S)s2)C2CC2)CC1. The van der Waals surface area contributed by atoms with Crippen molar-refractivity contribution < 1.29 is 4.79 Å². The number of nitrogens with zero attached hydrogens (tertiary/aromatic N) is 3. The van der Waals surface area contributed by atoms with Crippen LogP contribution in [0.1, 0.15) is 45.4 Å². The Kier molecular flexibility index (Phi) is 5.99. The summed E-state index contributed by atoms with van der Waals surface area (Å²) in [6.07, 6.45) is 7.16. The van der Waals surface area contributed by atoms with E-state index in [1.54, 1.807) is 4.68 Å². The highest BCUT2D eigenvalue weighted by atomic mass is 32.2. The van der Waals surface area contributed by atoms with E-state index < -0.39 is 0 Å². The summed E-state index contributed by atoms with van der Waals surface area (Å²) in [5.41, 5.74) is 0.966. The Morgan fingerprint density at radius 1 is 1.19 bits per heavy atom. The third-order valence-corrected chi connectivity index (χ3v) is 7.81. The van der Waals surface area contributed by atoms with Gasteiger partial charge in [-0.25, -0.2) is 4.68 Å². The molecule has 1 aromatic carbocycles. The van der Waals surface area contributed by atoms with Gasteiger partial charge in [-0.3, -0.25) is 4.79 Å². The number of carbonyl (C=O) groups is 1. The fourth-order valence-electron chi connectivity index (χ4n) is 3.83. The summed E-state index contributed by atoms with van der Waals surface area (Å²) in [5, 5.41) is 4.62. The van der Waals surface area contributed by atoms with Gasteiger partial charge in [0.1, 0.15) is 0 Å². The summed E-state index contributed by atoms with van der Waals surface area (Å²) in [6.45, 7) is 2.33. The average Bonchev–Trinajstić information content (AvgIpc) is 3.44. The number of aromatic nitrogens is 2. The number of hydrogen-bond donors (Lipinski definition) is 0. The maximum absolute atomic E-state index is 13.0. The van der Waals surface area contributed by atoms with Crippen LogP contribution in [0, 0.1) is 9.87 Å². The van der Waals surface area contributed by atoms with E-state index in [1.807, 2.05) is 30.3 Å². The van der Waals surface area contributed by atoms with E-state index in [0.29, 0.717) is 17.8 Å². The molecule has 144 valence electrons. The van der Waals surface area contributed by atoms with E-state index in [4.69, 9.17) is 12.2 Å². The van der Waals surface area contributed by atoms with Crippen LogP contribution in [0.25, 0.3) is 5.69 Å². The molecule has 0 bridgehead atoms. The molecule has 2 aliphatic rings. The number of para-hydroxylation sites is 1. The first-order valence-corrected chi connectivity index (χ1v) is 11.9. The van der Waals surface area contributed by atoms with E-state index in [2.05, 4.69) is 16.9 Å². The van der Waals surface area contributed by atoms with Gasteiger partial charge in [-0.05, 0) is 68.8 Å². The molecule has 2 fully saturated rings. The van der Waals surface area contributed by atoms with Crippen molar-refractivity contribution >= 4 is 41.2 Å². The third kappa shape index (κ3) is 4.63. The van der Waals surface area contributed by atoms with Crippen molar-refractivity contribution in [3.63, 3.8) is 0 Å². The maximum atomic E-state index is 13.0. The maximum Gasteiger partial charge on any atom is 0.233 e. The van der Waals surface area contributed by atoms with Crippen LogP contribution < -0.4 is 0 Å². The second-order valence-electron chi connectivity index (χ2n) is 7.62. The minimum absolute atomic E-state index is 0.273. The van der Waals surface area contributed by atoms with Gasteiger partial charge in [-0.2, -0.15) is 0 Å². The predicted octanol–water partition coefficient (Wildman–Crippen LogP) is 5.33. The minimum atomic E-state index is 0.273. The van der Waals surface area contributed by atoms with Gasteiger partial charge in [-0.15, -0.1) is 5.10 Å². The summed E-state index contributed by atoms with van der Waals surface area (Å²) in [4.78, 5) is 15.2. The minimum Gasteiger partial charge on any atom is -0.336 e. The van der Waals surface area contributed by atoms with E-state index in [1.165, 1.54) is 48.8 Å². The molecule has 2 aliphatic carbocycles. The molecule has 2 aromatic rings.